The van der Waals surface area contributed by atoms with E-state index in [2.05, 4.69) is 4.90 Å². The zero-order chi connectivity index (χ0) is 14.1. The van der Waals surface area contributed by atoms with Crippen molar-refractivity contribution in [1.82, 2.24) is 4.90 Å². The first-order valence-electron chi connectivity index (χ1n) is 6.72. The number of hydrogen-bond donors (Lipinski definition) is 1. The third-order valence-corrected chi connectivity index (χ3v) is 3.52. The molecule has 1 aliphatic carbocycles. The topological polar surface area (TPSA) is 66.8 Å². The number of aromatic carboxylic acids is 1. The summed E-state index contributed by atoms with van der Waals surface area (Å²) in [5.41, 5.74) is 0.668. The van der Waals surface area contributed by atoms with Crippen LogP contribution in [0.3, 0.4) is 0 Å². The Kier molecular flexibility index (Phi) is 3.36. The van der Waals surface area contributed by atoms with Crippen LogP contribution in [-0.4, -0.2) is 22.0 Å². The van der Waals surface area contributed by atoms with E-state index in [0.717, 1.165) is 12.3 Å². The van der Waals surface area contributed by atoms with E-state index in [0.29, 0.717) is 23.9 Å². The van der Waals surface area contributed by atoms with Gasteiger partial charge < -0.3 is 13.9 Å². The molecule has 0 bridgehead atoms. The second kappa shape index (κ2) is 5.17. The number of aryl methyl sites for hydroxylation is 1. The van der Waals surface area contributed by atoms with Gasteiger partial charge in [-0.3, -0.25) is 4.90 Å². The Bertz CT molecular complexity index is 595. The molecule has 1 aliphatic rings. The van der Waals surface area contributed by atoms with Crippen LogP contribution in [0.4, 0.5) is 0 Å². The van der Waals surface area contributed by atoms with Crippen molar-refractivity contribution in [2.45, 2.75) is 38.9 Å². The highest BCUT2D eigenvalue weighted by atomic mass is 16.4. The number of hydrogen-bond acceptors (Lipinski definition) is 4. The van der Waals surface area contributed by atoms with Crippen molar-refractivity contribution in [2.75, 3.05) is 0 Å². The minimum Gasteiger partial charge on any atom is -0.475 e. The van der Waals surface area contributed by atoms with E-state index in [1.54, 1.807) is 19.3 Å². The average molecular weight is 275 g/mol. The summed E-state index contributed by atoms with van der Waals surface area (Å²) < 4.78 is 10.8. The standard InChI is InChI=1S/C15H17NO4/c1-10-7-13(20-14(10)15(17)18)9-16(11-4-5-11)8-12-3-2-6-19-12/h2-3,6-7,11H,4-5,8-9H2,1H3,(H,17,18). The lowest BCUT2D eigenvalue weighted by atomic mass is 10.2. The van der Waals surface area contributed by atoms with E-state index in [-0.39, 0.29) is 5.76 Å². The maximum atomic E-state index is 11.0. The molecular formula is C15H17NO4. The summed E-state index contributed by atoms with van der Waals surface area (Å²) >= 11 is 0. The monoisotopic (exact) mass is 275 g/mol. The van der Waals surface area contributed by atoms with Gasteiger partial charge in [0, 0.05) is 11.6 Å². The number of nitrogens with zero attached hydrogens (tertiary/aromatic N) is 1. The van der Waals surface area contributed by atoms with Crippen LogP contribution in [-0.2, 0) is 13.1 Å². The molecule has 0 aliphatic heterocycles. The summed E-state index contributed by atoms with van der Waals surface area (Å²) in [5.74, 6) is 0.628. The first-order valence-corrected chi connectivity index (χ1v) is 6.72. The first kappa shape index (κ1) is 13.0. The van der Waals surface area contributed by atoms with Crippen LogP contribution in [0.1, 0.15) is 40.5 Å². The predicted octanol–water partition coefficient (Wildman–Crippen LogP) is 3.04. The molecule has 1 fully saturated rings. The Hall–Kier alpha value is -2.01. The van der Waals surface area contributed by atoms with Crippen LogP contribution in [0.15, 0.2) is 33.3 Å². The summed E-state index contributed by atoms with van der Waals surface area (Å²) in [6, 6.07) is 6.17. The van der Waals surface area contributed by atoms with Gasteiger partial charge in [0.25, 0.3) is 0 Å². The fraction of sp³-hybridized carbons (Fsp3) is 0.400. The highest BCUT2D eigenvalue weighted by Gasteiger charge is 2.30. The van der Waals surface area contributed by atoms with E-state index < -0.39 is 5.97 Å². The Morgan fingerprint density at radius 1 is 1.40 bits per heavy atom. The van der Waals surface area contributed by atoms with Gasteiger partial charge in [0.15, 0.2) is 0 Å². The van der Waals surface area contributed by atoms with Crippen molar-refractivity contribution in [3.63, 3.8) is 0 Å². The maximum absolute atomic E-state index is 11.0. The fourth-order valence-electron chi connectivity index (χ4n) is 2.39. The Morgan fingerprint density at radius 2 is 2.15 bits per heavy atom. The van der Waals surface area contributed by atoms with Gasteiger partial charge in [-0.2, -0.15) is 0 Å². The molecule has 1 N–H and O–H groups in total. The van der Waals surface area contributed by atoms with Crippen molar-refractivity contribution >= 4 is 5.97 Å². The van der Waals surface area contributed by atoms with E-state index >= 15 is 0 Å². The van der Waals surface area contributed by atoms with Gasteiger partial charge in [0.05, 0.1) is 19.4 Å². The van der Waals surface area contributed by atoms with Gasteiger partial charge in [-0.05, 0) is 38.0 Å². The highest BCUT2D eigenvalue weighted by molar-refractivity contribution is 5.86. The lowest BCUT2D eigenvalue weighted by molar-refractivity contribution is 0.0656. The van der Waals surface area contributed by atoms with Gasteiger partial charge in [0.2, 0.25) is 5.76 Å². The van der Waals surface area contributed by atoms with Crippen molar-refractivity contribution in [1.29, 1.82) is 0 Å². The quantitative estimate of drug-likeness (QED) is 0.877. The number of carboxylic acid groups (broad SMARTS) is 1. The molecule has 5 heteroatoms. The molecule has 0 aromatic carbocycles. The molecule has 2 heterocycles. The SMILES string of the molecule is Cc1cc(CN(Cc2ccco2)C2CC2)oc1C(=O)O. The van der Waals surface area contributed by atoms with Gasteiger partial charge in [0.1, 0.15) is 11.5 Å². The molecule has 106 valence electrons. The smallest absolute Gasteiger partial charge is 0.372 e. The third-order valence-electron chi connectivity index (χ3n) is 3.52. The molecule has 0 amide bonds. The van der Waals surface area contributed by atoms with Crippen LogP contribution in [0.5, 0.6) is 0 Å². The normalized spacial score (nSPS) is 14.9. The molecule has 5 nitrogen and oxygen atoms in total. The molecule has 0 atom stereocenters. The highest BCUT2D eigenvalue weighted by Crippen LogP contribution is 2.30. The zero-order valence-corrected chi connectivity index (χ0v) is 11.3. The Morgan fingerprint density at radius 3 is 2.70 bits per heavy atom. The van der Waals surface area contributed by atoms with Gasteiger partial charge >= 0.3 is 5.97 Å². The summed E-state index contributed by atoms with van der Waals surface area (Å²) in [4.78, 5) is 13.3. The average Bonchev–Trinajstić information content (AvgIpc) is 3.00. The molecule has 2 aromatic rings. The predicted molar refractivity (Wildman–Crippen MR) is 71.4 cm³/mol. The molecule has 20 heavy (non-hydrogen) atoms. The maximum Gasteiger partial charge on any atom is 0.372 e. The van der Waals surface area contributed by atoms with Crippen LogP contribution >= 0.6 is 0 Å². The lowest BCUT2D eigenvalue weighted by Gasteiger charge is -2.19. The number of furan rings is 2. The van der Waals surface area contributed by atoms with Crippen LogP contribution in [0.2, 0.25) is 0 Å². The summed E-state index contributed by atoms with van der Waals surface area (Å²) in [7, 11) is 0. The summed E-state index contributed by atoms with van der Waals surface area (Å²) in [5, 5.41) is 9.02. The minimum absolute atomic E-state index is 0.0359. The van der Waals surface area contributed by atoms with Crippen LogP contribution in [0.25, 0.3) is 0 Å². The molecule has 2 aromatic heterocycles. The first-order chi connectivity index (χ1) is 9.63. The lowest BCUT2D eigenvalue weighted by Crippen LogP contribution is -2.24. The molecular weight excluding hydrogens is 258 g/mol. The van der Waals surface area contributed by atoms with E-state index in [4.69, 9.17) is 13.9 Å². The number of carboxylic acids is 1. The fourth-order valence-corrected chi connectivity index (χ4v) is 2.39. The summed E-state index contributed by atoms with van der Waals surface area (Å²) in [6.45, 7) is 3.09. The van der Waals surface area contributed by atoms with E-state index in [9.17, 15) is 4.79 Å². The molecule has 1 saturated carbocycles. The molecule has 0 unspecified atom stereocenters. The van der Waals surface area contributed by atoms with Crippen molar-refractivity contribution in [3.8, 4) is 0 Å². The number of rotatable bonds is 6. The van der Waals surface area contributed by atoms with Gasteiger partial charge in [-0.15, -0.1) is 0 Å². The second-order valence-electron chi connectivity index (χ2n) is 5.25. The van der Waals surface area contributed by atoms with Crippen LogP contribution < -0.4 is 0 Å². The molecule has 0 saturated heterocycles. The van der Waals surface area contributed by atoms with E-state index in [1.165, 1.54) is 12.8 Å². The Balaban J connectivity index is 1.73. The Labute approximate surface area is 116 Å². The van der Waals surface area contributed by atoms with Gasteiger partial charge in [-0.25, -0.2) is 4.79 Å². The number of carbonyl (C=O) groups is 1. The molecule has 0 radical (unpaired) electrons. The largest absolute Gasteiger partial charge is 0.475 e. The molecule has 0 spiro atoms. The van der Waals surface area contributed by atoms with E-state index in [1.807, 2.05) is 12.1 Å². The second-order valence-corrected chi connectivity index (χ2v) is 5.25. The zero-order valence-electron chi connectivity index (χ0n) is 11.3. The molecule has 3 rings (SSSR count). The summed E-state index contributed by atoms with van der Waals surface area (Å²) in [6.07, 6.45) is 4.01. The third kappa shape index (κ3) is 2.77. The minimum atomic E-state index is -1.02. The van der Waals surface area contributed by atoms with Crippen LogP contribution in [0, 0.1) is 6.92 Å². The van der Waals surface area contributed by atoms with Gasteiger partial charge in [-0.1, -0.05) is 0 Å². The van der Waals surface area contributed by atoms with Crippen molar-refractivity contribution in [3.05, 3.63) is 47.3 Å². The van der Waals surface area contributed by atoms with Crippen molar-refractivity contribution < 1.29 is 18.7 Å². The van der Waals surface area contributed by atoms with Crippen molar-refractivity contribution in [2.24, 2.45) is 0 Å².